The normalized spacial score (nSPS) is 10.0. The number of hydrogen-bond acceptors (Lipinski definition) is 2. The fourth-order valence-electron chi connectivity index (χ4n) is 1.33. The number of rotatable bonds is 5. The molecule has 0 spiro atoms. The Labute approximate surface area is 90.1 Å². The summed E-state index contributed by atoms with van der Waals surface area (Å²) < 4.78 is 0. The summed E-state index contributed by atoms with van der Waals surface area (Å²) in [5.41, 5.74) is 2.31. The lowest BCUT2D eigenvalue weighted by Gasteiger charge is -2.07. The molecule has 1 aromatic rings. The van der Waals surface area contributed by atoms with Crippen LogP contribution in [0.1, 0.15) is 24.0 Å². The summed E-state index contributed by atoms with van der Waals surface area (Å²) in [5, 5.41) is 11.4. The second-order valence-corrected chi connectivity index (χ2v) is 3.53. The van der Waals surface area contributed by atoms with Gasteiger partial charge in [-0.1, -0.05) is 24.3 Å². The number of amides is 1. The number of benzene rings is 1. The van der Waals surface area contributed by atoms with Gasteiger partial charge in [-0.2, -0.15) is 0 Å². The molecule has 0 atom stereocenters. The van der Waals surface area contributed by atoms with Crippen LogP contribution in [-0.4, -0.2) is 17.6 Å². The highest BCUT2D eigenvalue weighted by Crippen LogP contribution is 2.06. The number of carbonyl (C=O) groups is 1. The maximum absolute atomic E-state index is 11.3. The van der Waals surface area contributed by atoms with Crippen molar-refractivity contribution in [2.24, 2.45) is 0 Å². The van der Waals surface area contributed by atoms with Crippen LogP contribution in [0.2, 0.25) is 0 Å². The summed E-state index contributed by atoms with van der Waals surface area (Å²) in [7, 11) is 0. The van der Waals surface area contributed by atoms with Gasteiger partial charge in [-0.25, -0.2) is 0 Å². The molecule has 0 aromatic heterocycles. The van der Waals surface area contributed by atoms with Gasteiger partial charge in [0.2, 0.25) is 5.91 Å². The smallest absolute Gasteiger partial charge is 0.220 e. The Bertz CT molecular complexity index is 323. The summed E-state index contributed by atoms with van der Waals surface area (Å²) in [4.78, 5) is 11.3. The molecule has 0 aliphatic heterocycles. The first kappa shape index (κ1) is 11.7. The van der Waals surface area contributed by atoms with Crippen LogP contribution in [0.5, 0.6) is 0 Å². The minimum Gasteiger partial charge on any atom is -0.396 e. The quantitative estimate of drug-likeness (QED) is 0.766. The average Bonchev–Trinajstić information content (AvgIpc) is 2.25. The lowest BCUT2D eigenvalue weighted by Crippen LogP contribution is -2.23. The van der Waals surface area contributed by atoms with Crippen molar-refractivity contribution in [2.45, 2.75) is 26.3 Å². The third-order valence-corrected chi connectivity index (χ3v) is 2.30. The lowest BCUT2D eigenvalue weighted by molar-refractivity contribution is -0.121. The molecule has 0 unspecified atom stereocenters. The van der Waals surface area contributed by atoms with Crippen LogP contribution in [0.4, 0.5) is 0 Å². The molecule has 82 valence electrons. The fourth-order valence-corrected chi connectivity index (χ4v) is 1.33. The Balaban J connectivity index is 2.37. The van der Waals surface area contributed by atoms with E-state index in [1.165, 1.54) is 5.56 Å². The minimum absolute atomic E-state index is 0.00713. The monoisotopic (exact) mass is 207 g/mol. The van der Waals surface area contributed by atoms with E-state index in [9.17, 15) is 4.79 Å². The van der Waals surface area contributed by atoms with Crippen molar-refractivity contribution >= 4 is 5.91 Å². The predicted octanol–water partition coefficient (Wildman–Crippen LogP) is 1.38. The van der Waals surface area contributed by atoms with Gasteiger partial charge in [0.15, 0.2) is 0 Å². The van der Waals surface area contributed by atoms with Crippen LogP contribution < -0.4 is 5.32 Å². The molecule has 0 aliphatic carbocycles. The molecule has 2 N–H and O–H groups in total. The van der Waals surface area contributed by atoms with Crippen molar-refractivity contribution in [1.82, 2.24) is 5.32 Å². The van der Waals surface area contributed by atoms with Gasteiger partial charge in [0.05, 0.1) is 0 Å². The van der Waals surface area contributed by atoms with Gasteiger partial charge in [-0.3, -0.25) is 4.79 Å². The van der Waals surface area contributed by atoms with Crippen molar-refractivity contribution in [1.29, 1.82) is 0 Å². The third-order valence-electron chi connectivity index (χ3n) is 2.30. The van der Waals surface area contributed by atoms with Crippen molar-refractivity contribution in [3.05, 3.63) is 35.4 Å². The van der Waals surface area contributed by atoms with Crippen LogP contribution in [-0.2, 0) is 11.3 Å². The molecule has 15 heavy (non-hydrogen) atoms. The second kappa shape index (κ2) is 6.19. The molecule has 1 rings (SSSR count). The molecule has 1 amide bonds. The molecule has 0 radical (unpaired) electrons. The summed E-state index contributed by atoms with van der Waals surface area (Å²) >= 11 is 0. The number of aryl methyl sites for hydroxylation is 1. The molecule has 0 aliphatic rings. The first-order valence-corrected chi connectivity index (χ1v) is 5.16. The van der Waals surface area contributed by atoms with Crippen molar-refractivity contribution < 1.29 is 9.90 Å². The number of aliphatic hydroxyl groups excluding tert-OH is 1. The van der Waals surface area contributed by atoms with E-state index in [2.05, 4.69) is 5.32 Å². The van der Waals surface area contributed by atoms with Gasteiger partial charge in [0.1, 0.15) is 0 Å². The van der Waals surface area contributed by atoms with Gasteiger partial charge >= 0.3 is 0 Å². The van der Waals surface area contributed by atoms with Crippen LogP contribution in [0.25, 0.3) is 0 Å². The van der Waals surface area contributed by atoms with E-state index >= 15 is 0 Å². The molecule has 0 heterocycles. The summed E-state index contributed by atoms with van der Waals surface area (Å²) in [6, 6.07) is 7.96. The highest BCUT2D eigenvalue weighted by atomic mass is 16.3. The fraction of sp³-hybridized carbons (Fsp3) is 0.417. The zero-order valence-corrected chi connectivity index (χ0v) is 8.99. The van der Waals surface area contributed by atoms with Gasteiger partial charge < -0.3 is 10.4 Å². The molecule has 3 nitrogen and oxygen atoms in total. The number of carbonyl (C=O) groups excluding carboxylic acids is 1. The van der Waals surface area contributed by atoms with E-state index in [0.29, 0.717) is 19.4 Å². The van der Waals surface area contributed by atoms with E-state index in [-0.39, 0.29) is 12.5 Å². The summed E-state index contributed by atoms with van der Waals surface area (Å²) in [5.74, 6) is -0.00713. The van der Waals surface area contributed by atoms with E-state index in [4.69, 9.17) is 5.11 Å². The zero-order chi connectivity index (χ0) is 11.1. The molecule has 0 saturated heterocycles. The predicted molar refractivity (Wildman–Crippen MR) is 59.3 cm³/mol. The maximum atomic E-state index is 11.3. The Morgan fingerprint density at radius 1 is 1.40 bits per heavy atom. The second-order valence-electron chi connectivity index (χ2n) is 3.53. The Morgan fingerprint density at radius 2 is 2.13 bits per heavy atom. The SMILES string of the molecule is Cc1ccccc1CNC(=O)CCCO. The van der Waals surface area contributed by atoms with Gasteiger partial charge in [-0.15, -0.1) is 0 Å². The lowest BCUT2D eigenvalue weighted by atomic mass is 10.1. The van der Waals surface area contributed by atoms with Crippen LogP contribution in [0, 0.1) is 6.92 Å². The molecule has 1 aromatic carbocycles. The number of nitrogens with one attached hydrogen (secondary N) is 1. The molecular formula is C12H17NO2. The number of aliphatic hydroxyl groups is 1. The average molecular weight is 207 g/mol. The maximum Gasteiger partial charge on any atom is 0.220 e. The largest absolute Gasteiger partial charge is 0.396 e. The summed E-state index contributed by atoms with van der Waals surface area (Å²) in [6.45, 7) is 2.66. The van der Waals surface area contributed by atoms with Crippen LogP contribution >= 0.6 is 0 Å². The van der Waals surface area contributed by atoms with Gasteiger partial charge in [0, 0.05) is 19.6 Å². The van der Waals surface area contributed by atoms with Crippen molar-refractivity contribution in [3.63, 3.8) is 0 Å². The molecule has 0 saturated carbocycles. The van der Waals surface area contributed by atoms with E-state index < -0.39 is 0 Å². The van der Waals surface area contributed by atoms with Gasteiger partial charge in [0.25, 0.3) is 0 Å². The van der Waals surface area contributed by atoms with Crippen molar-refractivity contribution in [3.8, 4) is 0 Å². The Kier molecular flexibility index (Phi) is 4.84. The Hall–Kier alpha value is -1.35. The minimum atomic E-state index is -0.00713. The molecule has 3 heteroatoms. The van der Waals surface area contributed by atoms with E-state index in [1.807, 2.05) is 31.2 Å². The molecule has 0 bridgehead atoms. The number of hydrogen-bond donors (Lipinski definition) is 2. The van der Waals surface area contributed by atoms with Gasteiger partial charge in [-0.05, 0) is 24.5 Å². The van der Waals surface area contributed by atoms with Crippen LogP contribution in [0.15, 0.2) is 24.3 Å². The van der Waals surface area contributed by atoms with Crippen LogP contribution in [0.3, 0.4) is 0 Å². The third kappa shape index (κ3) is 4.13. The Morgan fingerprint density at radius 3 is 2.80 bits per heavy atom. The van der Waals surface area contributed by atoms with Crippen molar-refractivity contribution in [2.75, 3.05) is 6.61 Å². The first-order valence-electron chi connectivity index (χ1n) is 5.16. The summed E-state index contributed by atoms with van der Waals surface area (Å²) in [6.07, 6.45) is 0.919. The topological polar surface area (TPSA) is 49.3 Å². The molecular weight excluding hydrogens is 190 g/mol. The highest BCUT2D eigenvalue weighted by Gasteiger charge is 2.01. The highest BCUT2D eigenvalue weighted by molar-refractivity contribution is 5.75. The standard InChI is InChI=1S/C12H17NO2/c1-10-5-2-3-6-11(10)9-13-12(15)7-4-8-14/h2-3,5-6,14H,4,7-9H2,1H3,(H,13,15). The first-order chi connectivity index (χ1) is 7.24. The zero-order valence-electron chi connectivity index (χ0n) is 8.99. The molecule has 0 fully saturated rings. The van der Waals surface area contributed by atoms with E-state index in [1.54, 1.807) is 0 Å². The van der Waals surface area contributed by atoms with E-state index in [0.717, 1.165) is 5.56 Å².